The summed E-state index contributed by atoms with van der Waals surface area (Å²) in [6.45, 7) is 0.271. The van der Waals surface area contributed by atoms with Gasteiger partial charge in [-0.25, -0.2) is 4.79 Å². The van der Waals surface area contributed by atoms with Crippen LogP contribution in [0.5, 0.6) is 5.75 Å². The van der Waals surface area contributed by atoms with Crippen molar-refractivity contribution in [2.45, 2.75) is 13.0 Å². The van der Waals surface area contributed by atoms with Crippen molar-refractivity contribution < 1.29 is 19.4 Å². The fraction of sp³-hybridized carbons (Fsp3) is 0.0952. The largest absolute Gasteiger partial charge is 0.486 e. The van der Waals surface area contributed by atoms with Crippen LogP contribution in [0.4, 0.5) is 5.00 Å². The van der Waals surface area contributed by atoms with Crippen LogP contribution < -0.4 is 10.1 Å². The van der Waals surface area contributed by atoms with Crippen LogP contribution in [0.25, 0.3) is 11.1 Å². The van der Waals surface area contributed by atoms with E-state index < -0.39 is 11.9 Å². The molecule has 0 atom stereocenters. The molecular formula is C21H14Cl2N2O4S. The van der Waals surface area contributed by atoms with E-state index in [9.17, 15) is 14.7 Å². The van der Waals surface area contributed by atoms with Gasteiger partial charge < -0.3 is 15.2 Å². The van der Waals surface area contributed by atoms with E-state index >= 15 is 0 Å². The molecule has 6 nitrogen and oxygen atoms in total. The van der Waals surface area contributed by atoms with Crippen molar-refractivity contribution in [3.63, 3.8) is 0 Å². The van der Waals surface area contributed by atoms with E-state index in [0.29, 0.717) is 16.9 Å². The molecule has 9 heteroatoms. The maximum absolute atomic E-state index is 11.8. The molecule has 1 amide bonds. The Bertz CT molecular complexity index is 1120. The maximum Gasteiger partial charge on any atom is 0.339 e. The zero-order valence-electron chi connectivity index (χ0n) is 15.3. The van der Waals surface area contributed by atoms with Gasteiger partial charge in [-0.15, -0.1) is 11.3 Å². The van der Waals surface area contributed by atoms with Crippen LogP contribution in [0.15, 0.2) is 47.8 Å². The SMILES string of the molecule is N#CCC(=O)Nc1scc(-c2cc(Cl)c(OCc3ccccc3)c(Cl)c2)c1C(=O)O. The van der Waals surface area contributed by atoms with Gasteiger partial charge in [-0.2, -0.15) is 5.26 Å². The number of halogens is 2. The highest BCUT2D eigenvalue weighted by molar-refractivity contribution is 7.15. The zero-order chi connectivity index (χ0) is 21.7. The van der Waals surface area contributed by atoms with Crippen LogP contribution in [0.1, 0.15) is 22.3 Å². The Labute approximate surface area is 186 Å². The minimum Gasteiger partial charge on any atom is -0.486 e. The third-order valence-electron chi connectivity index (χ3n) is 4.03. The predicted octanol–water partition coefficient (Wildman–Crippen LogP) is 5.85. The Morgan fingerprint density at radius 3 is 2.43 bits per heavy atom. The summed E-state index contributed by atoms with van der Waals surface area (Å²) >= 11 is 13.7. The van der Waals surface area contributed by atoms with Gasteiger partial charge in [-0.1, -0.05) is 53.5 Å². The molecule has 0 saturated carbocycles. The number of carbonyl (C=O) groups is 2. The molecule has 0 saturated heterocycles. The fourth-order valence-corrected chi connectivity index (χ4v) is 4.27. The molecule has 152 valence electrons. The van der Waals surface area contributed by atoms with Crippen molar-refractivity contribution in [1.82, 2.24) is 0 Å². The van der Waals surface area contributed by atoms with Crippen LogP contribution >= 0.6 is 34.5 Å². The van der Waals surface area contributed by atoms with Crippen molar-refractivity contribution >= 4 is 51.4 Å². The molecule has 2 N–H and O–H groups in total. The minimum atomic E-state index is -1.23. The Hall–Kier alpha value is -3.05. The van der Waals surface area contributed by atoms with Crippen LogP contribution in [0.3, 0.4) is 0 Å². The van der Waals surface area contributed by atoms with Gasteiger partial charge in [-0.3, -0.25) is 4.79 Å². The summed E-state index contributed by atoms with van der Waals surface area (Å²) in [5, 5.41) is 22.9. The van der Waals surface area contributed by atoms with Crippen molar-refractivity contribution in [1.29, 1.82) is 5.26 Å². The Balaban J connectivity index is 1.91. The summed E-state index contributed by atoms with van der Waals surface area (Å²) in [5.41, 5.74) is 1.65. The average molecular weight is 461 g/mol. The van der Waals surface area contributed by atoms with E-state index in [-0.39, 0.29) is 33.6 Å². The molecule has 0 aliphatic rings. The van der Waals surface area contributed by atoms with Crippen LogP contribution in [-0.2, 0) is 11.4 Å². The van der Waals surface area contributed by atoms with Gasteiger partial charge in [0.2, 0.25) is 5.91 Å². The third kappa shape index (κ3) is 4.92. The number of nitriles is 1. The monoisotopic (exact) mass is 460 g/mol. The number of ether oxygens (including phenoxy) is 1. The molecule has 0 aliphatic carbocycles. The Morgan fingerprint density at radius 2 is 1.83 bits per heavy atom. The van der Waals surface area contributed by atoms with Crippen molar-refractivity contribution in [3.8, 4) is 22.9 Å². The standard InChI is InChI=1S/C21H14Cl2N2O4S/c22-15-8-13(9-16(23)19(15)29-10-12-4-2-1-3-5-12)14-11-30-20(18(14)21(27)28)25-17(26)6-7-24/h1-5,8-9,11H,6,10H2,(H,25,26)(H,27,28). The Morgan fingerprint density at radius 1 is 1.17 bits per heavy atom. The second-order valence-electron chi connectivity index (χ2n) is 6.09. The topological polar surface area (TPSA) is 99.4 Å². The molecule has 1 aromatic heterocycles. The van der Waals surface area contributed by atoms with Gasteiger partial charge in [0.15, 0.2) is 5.75 Å². The fourth-order valence-electron chi connectivity index (χ4n) is 2.70. The lowest BCUT2D eigenvalue weighted by molar-refractivity contribution is -0.115. The number of carboxylic acids is 1. The van der Waals surface area contributed by atoms with Gasteiger partial charge in [0, 0.05) is 10.9 Å². The molecule has 0 radical (unpaired) electrons. The number of rotatable bonds is 7. The summed E-state index contributed by atoms with van der Waals surface area (Å²) in [6.07, 6.45) is -0.378. The number of nitrogens with zero attached hydrogens (tertiary/aromatic N) is 1. The number of nitrogens with one attached hydrogen (secondary N) is 1. The van der Waals surface area contributed by atoms with Gasteiger partial charge >= 0.3 is 5.97 Å². The second kappa shape index (κ2) is 9.63. The van der Waals surface area contributed by atoms with E-state index in [4.69, 9.17) is 33.2 Å². The summed E-state index contributed by atoms with van der Waals surface area (Å²) in [4.78, 5) is 23.5. The van der Waals surface area contributed by atoms with Crippen LogP contribution in [-0.4, -0.2) is 17.0 Å². The van der Waals surface area contributed by atoms with Crippen molar-refractivity contribution in [2.24, 2.45) is 0 Å². The molecule has 0 aliphatic heterocycles. The highest BCUT2D eigenvalue weighted by Gasteiger charge is 2.22. The molecule has 2 aromatic carbocycles. The molecule has 30 heavy (non-hydrogen) atoms. The van der Waals surface area contributed by atoms with E-state index in [1.54, 1.807) is 23.6 Å². The number of carboxylic acid groups (broad SMARTS) is 1. The molecule has 3 aromatic rings. The van der Waals surface area contributed by atoms with E-state index in [1.807, 2.05) is 30.3 Å². The molecule has 0 unspecified atom stereocenters. The summed E-state index contributed by atoms with van der Waals surface area (Å²) in [5.74, 6) is -1.52. The Kier molecular flexibility index (Phi) is 6.95. The van der Waals surface area contributed by atoms with E-state index in [0.717, 1.165) is 16.9 Å². The number of amides is 1. The molecule has 3 rings (SSSR count). The lowest BCUT2D eigenvalue weighted by atomic mass is 10.0. The van der Waals surface area contributed by atoms with Gasteiger partial charge in [0.1, 0.15) is 23.6 Å². The highest BCUT2D eigenvalue weighted by Crippen LogP contribution is 2.42. The van der Waals surface area contributed by atoms with Crippen molar-refractivity contribution in [3.05, 3.63) is 69.0 Å². The zero-order valence-corrected chi connectivity index (χ0v) is 17.6. The number of benzene rings is 2. The second-order valence-corrected chi connectivity index (χ2v) is 7.78. The lowest BCUT2D eigenvalue weighted by Gasteiger charge is -2.12. The van der Waals surface area contributed by atoms with Gasteiger partial charge in [0.25, 0.3) is 0 Å². The molecule has 1 heterocycles. The van der Waals surface area contributed by atoms with E-state index in [2.05, 4.69) is 5.32 Å². The summed E-state index contributed by atoms with van der Waals surface area (Å²) in [6, 6.07) is 14.3. The quantitative estimate of drug-likeness (QED) is 0.460. The number of hydrogen-bond acceptors (Lipinski definition) is 5. The first kappa shape index (κ1) is 21.7. The lowest BCUT2D eigenvalue weighted by Crippen LogP contribution is -2.12. The molecular weight excluding hydrogens is 447 g/mol. The molecule has 0 spiro atoms. The van der Waals surface area contributed by atoms with E-state index in [1.165, 1.54) is 0 Å². The summed E-state index contributed by atoms with van der Waals surface area (Å²) < 4.78 is 5.74. The normalized spacial score (nSPS) is 10.3. The van der Waals surface area contributed by atoms with Crippen molar-refractivity contribution in [2.75, 3.05) is 5.32 Å². The number of hydrogen-bond donors (Lipinski definition) is 2. The number of carbonyl (C=O) groups excluding carboxylic acids is 1. The number of anilines is 1. The summed E-state index contributed by atoms with van der Waals surface area (Å²) in [7, 11) is 0. The minimum absolute atomic E-state index is 0.101. The van der Waals surface area contributed by atoms with Gasteiger partial charge in [-0.05, 0) is 23.3 Å². The average Bonchev–Trinajstić information content (AvgIpc) is 3.12. The van der Waals surface area contributed by atoms with Crippen LogP contribution in [0.2, 0.25) is 10.0 Å². The maximum atomic E-state index is 11.8. The first-order valence-corrected chi connectivity index (χ1v) is 10.2. The van der Waals surface area contributed by atoms with Gasteiger partial charge in [0.05, 0.1) is 16.1 Å². The third-order valence-corrected chi connectivity index (χ3v) is 5.49. The predicted molar refractivity (Wildman–Crippen MR) is 116 cm³/mol. The first-order chi connectivity index (χ1) is 14.4. The highest BCUT2D eigenvalue weighted by atomic mass is 35.5. The smallest absolute Gasteiger partial charge is 0.339 e. The number of aromatic carboxylic acids is 1. The number of thiophene rings is 1. The first-order valence-electron chi connectivity index (χ1n) is 8.58. The van der Waals surface area contributed by atoms with Crippen LogP contribution in [0, 0.1) is 11.3 Å². The molecule has 0 fully saturated rings. The molecule has 0 bridgehead atoms.